The van der Waals surface area contributed by atoms with Gasteiger partial charge in [0.25, 0.3) is 0 Å². The van der Waals surface area contributed by atoms with Gasteiger partial charge < -0.3 is 13.8 Å². The standard InChI is InChI=1S/C7H12.Y/c1-7(2)5-3-4-6-7;/h1-6H2;/q-2;. The largest absolute Gasteiger partial charge is 0.367 e. The maximum absolute atomic E-state index is 3.96. The molecule has 45 valence electrons. The van der Waals surface area contributed by atoms with Crippen molar-refractivity contribution < 1.29 is 32.7 Å². The monoisotopic (exact) mass is 185 g/mol. The van der Waals surface area contributed by atoms with Crippen LogP contribution in [-0.4, -0.2) is 0 Å². The third-order valence-corrected chi connectivity index (χ3v) is 1.66. The predicted molar refractivity (Wildman–Crippen MR) is 31.6 cm³/mol. The van der Waals surface area contributed by atoms with E-state index in [0.29, 0.717) is 0 Å². The SMILES string of the molecule is [CH2-]C1([CH2-])CCCC1.[Y]. The minimum atomic E-state index is 0. The topological polar surface area (TPSA) is 0 Å². The van der Waals surface area contributed by atoms with E-state index in [9.17, 15) is 0 Å². The average Bonchev–Trinajstić information content (AvgIpc) is 1.84. The predicted octanol–water partition coefficient (Wildman–Crippen LogP) is 2.21. The van der Waals surface area contributed by atoms with Crippen LogP contribution in [-0.2, 0) is 32.7 Å². The van der Waals surface area contributed by atoms with Crippen molar-refractivity contribution >= 4 is 0 Å². The normalized spacial score (nSPS) is 24.8. The molecule has 1 radical (unpaired) electrons. The fourth-order valence-electron chi connectivity index (χ4n) is 1.12. The van der Waals surface area contributed by atoms with Gasteiger partial charge in [0.2, 0.25) is 0 Å². The number of rotatable bonds is 0. The molecule has 1 aliphatic carbocycles. The first kappa shape index (κ1) is 9.10. The van der Waals surface area contributed by atoms with Gasteiger partial charge in [-0.3, -0.25) is 5.41 Å². The summed E-state index contributed by atoms with van der Waals surface area (Å²) < 4.78 is 0. The van der Waals surface area contributed by atoms with E-state index in [2.05, 4.69) is 13.8 Å². The van der Waals surface area contributed by atoms with Gasteiger partial charge in [-0.1, -0.05) is 12.8 Å². The summed E-state index contributed by atoms with van der Waals surface area (Å²) in [5.74, 6) is 0. The summed E-state index contributed by atoms with van der Waals surface area (Å²) >= 11 is 0. The van der Waals surface area contributed by atoms with Crippen molar-refractivity contribution in [3.8, 4) is 0 Å². The molecule has 0 aliphatic heterocycles. The molecule has 0 aromatic rings. The second kappa shape index (κ2) is 3.32. The van der Waals surface area contributed by atoms with Gasteiger partial charge in [0.05, 0.1) is 0 Å². The van der Waals surface area contributed by atoms with Gasteiger partial charge in [-0.15, -0.1) is 12.8 Å². The zero-order valence-electron chi connectivity index (χ0n) is 5.32. The van der Waals surface area contributed by atoms with Crippen LogP contribution in [0.15, 0.2) is 0 Å². The molecular formula is C7H12Y-2. The molecule has 1 fully saturated rings. The molecule has 1 aliphatic rings. The third kappa shape index (κ3) is 2.59. The van der Waals surface area contributed by atoms with E-state index in [4.69, 9.17) is 0 Å². The first-order chi connectivity index (χ1) is 3.21. The summed E-state index contributed by atoms with van der Waals surface area (Å²) in [4.78, 5) is 0. The molecular weight excluding hydrogens is 173 g/mol. The van der Waals surface area contributed by atoms with Crippen molar-refractivity contribution in [2.45, 2.75) is 25.7 Å². The molecule has 0 nitrogen and oxygen atoms in total. The van der Waals surface area contributed by atoms with Crippen LogP contribution in [0.3, 0.4) is 0 Å². The van der Waals surface area contributed by atoms with Gasteiger partial charge in [0.15, 0.2) is 0 Å². The molecule has 0 spiro atoms. The fraction of sp³-hybridized carbons (Fsp3) is 0.714. The average molecular weight is 185 g/mol. The minimum Gasteiger partial charge on any atom is -0.367 e. The molecule has 1 heteroatoms. The Morgan fingerprint density at radius 1 is 1.00 bits per heavy atom. The molecule has 0 amide bonds. The maximum atomic E-state index is 3.96. The van der Waals surface area contributed by atoms with Gasteiger partial charge in [-0.2, -0.15) is 0 Å². The van der Waals surface area contributed by atoms with Crippen LogP contribution in [0.1, 0.15) is 25.7 Å². The summed E-state index contributed by atoms with van der Waals surface area (Å²) in [6.45, 7) is 7.92. The number of hydrogen-bond donors (Lipinski definition) is 0. The first-order valence-corrected chi connectivity index (χ1v) is 2.91. The van der Waals surface area contributed by atoms with Crippen LogP contribution in [0.25, 0.3) is 0 Å². The molecule has 1 rings (SSSR count). The smallest absolute Gasteiger partial charge is 0 e. The van der Waals surface area contributed by atoms with Crippen molar-refractivity contribution in [3.05, 3.63) is 13.8 Å². The second-order valence-corrected chi connectivity index (χ2v) is 2.71. The van der Waals surface area contributed by atoms with Crippen molar-refractivity contribution in [3.63, 3.8) is 0 Å². The Morgan fingerprint density at radius 2 is 1.38 bits per heavy atom. The Balaban J connectivity index is 0.000000490. The van der Waals surface area contributed by atoms with Crippen molar-refractivity contribution in [2.75, 3.05) is 0 Å². The van der Waals surface area contributed by atoms with E-state index >= 15 is 0 Å². The molecule has 8 heavy (non-hydrogen) atoms. The fourth-order valence-corrected chi connectivity index (χ4v) is 1.12. The van der Waals surface area contributed by atoms with Crippen LogP contribution in [0.4, 0.5) is 0 Å². The van der Waals surface area contributed by atoms with E-state index < -0.39 is 0 Å². The molecule has 0 unspecified atom stereocenters. The van der Waals surface area contributed by atoms with E-state index in [-0.39, 0.29) is 38.1 Å². The van der Waals surface area contributed by atoms with Gasteiger partial charge in [0.1, 0.15) is 0 Å². The van der Waals surface area contributed by atoms with Crippen molar-refractivity contribution in [1.82, 2.24) is 0 Å². The summed E-state index contributed by atoms with van der Waals surface area (Å²) in [5.41, 5.74) is 0.194. The molecule has 0 heterocycles. The summed E-state index contributed by atoms with van der Waals surface area (Å²) in [5, 5.41) is 0. The van der Waals surface area contributed by atoms with Crippen molar-refractivity contribution in [2.24, 2.45) is 5.41 Å². The Labute approximate surface area is 77.3 Å². The zero-order valence-corrected chi connectivity index (χ0v) is 8.16. The number of hydrogen-bond acceptors (Lipinski definition) is 0. The first-order valence-electron chi connectivity index (χ1n) is 2.91. The quantitative estimate of drug-likeness (QED) is 0.507. The second-order valence-electron chi connectivity index (χ2n) is 2.71. The van der Waals surface area contributed by atoms with Gasteiger partial charge in [-0.05, 0) is 0 Å². The Hall–Kier alpha value is 1.10. The van der Waals surface area contributed by atoms with Crippen LogP contribution in [0.2, 0.25) is 0 Å². The Morgan fingerprint density at radius 3 is 1.50 bits per heavy atom. The Kier molecular flexibility index (Phi) is 3.77. The molecule has 0 aromatic heterocycles. The minimum absolute atomic E-state index is 0. The van der Waals surface area contributed by atoms with E-state index in [1.54, 1.807) is 0 Å². The zero-order chi connectivity index (χ0) is 5.33. The van der Waals surface area contributed by atoms with Crippen LogP contribution in [0, 0.1) is 19.3 Å². The summed E-state index contributed by atoms with van der Waals surface area (Å²) in [7, 11) is 0. The Bertz CT molecular complexity index is 58.8. The van der Waals surface area contributed by atoms with Crippen LogP contribution >= 0.6 is 0 Å². The van der Waals surface area contributed by atoms with Gasteiger partial charge >= 0.3 is 0 Å². The van der Waals surface area contributed by atoms with Crippen LogP contribution in [0.5, 0.6) is 0 Å². The maximum Gasteiger partial charge on any atom is 0 e. The van der Waals surface area contributed by atoms with E-state index in [0.717, 1.165) is 0 Å². The van der Waals surface area contributed by atoms with Crippen LogP contribution < -0.4 is 0 Å². The van der Waals surface area contributed by atoms with Gasteiger partial charge in [-0.25, -0.2) is 0 Å². The molecule has 0 bridgehead atoms. The molecule has 1 saturated carbocycles. The molecule has 0 N–H and O–H groups in total. The third-order valence-electron chi connectivity index (χ3n) is 1.66. The summed E-state index contributed by atoms with van der Waals surface area (Å²) in [6, 6.07) is 0. The van der Waals surface area contributed by atoms with E-state index in [1.165, 1.54) is 25.7 Å². The van der Waals surface area contributed by atoms with Gasteiger partial charge in [0, 0.05) is 32.7 Å². The van der Waals surface area contributed by atoms with Crippen molar-refractivity contribution in [1.29, 1.82) is 0 Å². The molecule has 0 saturated heterocycles. The molecule has 0 aromatic carbocycles. The van der Waals surface area contributed by atoms with E-state index in [1.807, 2.05) is 0 Å². The molecule has 0 atom stereocenters. The summed E-state index contributed by atoms with van der Waals surface area (Å²) in [6.07, 6.45) is 5.14.